The van der Waals surface area contributed by atoms with Gasteiger partial charge < -0.3 is 20.3 Å². The highest BCUT2D eigenvalue weighted by Crippen LogP contribution is 2.21. The Kier molecular flexibility index (Phi) is 7.70. The molecule has 140 valence electrons. The van der Waals surface area contributed by atoms with E-state index in [1.54, 1.807) is 0 Å². The van der Waals surface area contributed by atoms with Gasteiger partial charge in [-0.15, -0.1) is 0 Å². The van der Waals surface area contributed by atoms with Gasteiger partial charge in [-0.05, 0) is 54.2 Å². The molecule has 0 aliphatic carbocycles. The van der Waals surface area contributed by atoms with Gasteiger partial charge in [-0.3, -0.25) is 4.99 Å². The van der Waals surface area contributed by atoms with Gasteiger partial charge >= 0.3 is 6.09 Å². The van der Waals surface area contributed by atoms with Crippen LogP contribution in [0.3, 0.4) is 0 Å². The lowest BCUT2D eigenvalue weighted by Gasteiger charge is -2.25. The van der Waals surface area contributed by atoms with Crippen molar-refractivity contribution in [1.82, 2.24) is 15.5 Å². The number of nitrogens with one attached hydrogen (secondary N) is 2. The number of nitrogens with zero attached hydrogens (tertiary/aromatic N) is 2. The number of ether oxygens (including phenoxy) is 1. The minimum absolute atomic E-state index is 0.0947. The molecule has 1 rings (SSSR count). The summed E-state index contributed by atoms with van der Waals surface area (Å²) in [7, 11) is 0. The summed E-state index contributed by atoms with van der Waals surface area (Å²) < 4.78 is 5.45. The minimum Gasteiger partial charge on any atom is -0.444 e. The van der Waals surface area contributed by atoms with Gasteiger partial charge in [0.2, 0.25) is 0 Å². The Morgan fingerprint density at radius 2 is 2.00 bits per heavy atom. The van der Waals surface area contributed by atoms with Gasteiger partial charge in [-0.1, -0.05) is 0 Å². The van der Waals surface area contributed by atoms with Gasteiger partial charge in [0.25, 0.3) is 0 Å². The maximum Gasteiger partial charge on any atom is 0.407 e. The number of alkyl carbamates (subject to hydrolysis) is 1. The first-order valence-corrected chi connectivity index (χ1v) is 9.86. The summed E-state index contributed by atoms with van der Waals surface area (Å²) in [6, 6.07) is 0.0947. The van der Waals surface area contributed by atoms with Crippen LogP contribution in [-0.2, 0) is 4.74 Å². The number of likely N-dealkylation sites (tertiary alicyclic amines) is 1. The lowest BCUT2D eigenvalue weighted by Crippen LogP contribution is -2.44. The van der Waals surface area contributed by atoms with Crippen LogP contribution in [0, 0.1) is 0 Å². The number of aliphatic imine (C=N–C) groups is 1. The van der Waals surface area contributed by atoms with Crippen LogP contribution in [0.15, 0.2) is 4.99 Å². The Bertz CT molecular complexity index is 446. The highest BCUT2D eigenvalue weighted by atomic mass is 32.2. The predicted molar refractivity (Wildman–Crippen MR) is 103 cm³/mol. The van der Waals surface area contributed by atoms with Crippen LogP contribution in [0.4, 0.5) is 4.79 Å². The van der Waals surface area contributed by atoms with Crippen molar-refractivity contribution in [3.63, 3.8) is 0 Å². The SMILES string of the molecule is CCNC(=NCC(C)(C)SC)N1CCC(NC(=O)OC(C)(C)C)C1. The third-order valence-corrected chi connectivity index (χ3v) is 4.94. The van der Waals surface area contributed by atoms with E-state index < -0.39 is 5.60 Å². The number of carbonyl (C=O) groups is 1. The molecular weight excluding hydrogens is 324 g/mol. The maximum absolute atomic E-state index is 11.9. The zero-order chi connectivity index (χ0) is 18.4. The van der Waals surface area contributed by atoms with Crippen molar-refractivity contribution in [2.45, 2.75) is 64.4 Å². The van der Waals surface area contributed by atoms with E-state index in [4.69, 9.17) is 9.73 Å². The topological polar surface area (TPSA) is 66.0 Å². The molecule has 0 radical (unpaired) electrons. The summed E-state index contributed by atoms with van der Waals surface area (Å²) in [6.45, 7) is 15.3. The fourth-order valence-corrected chi connectivity index (χ4v) is 2.49. The number of carbonyl (C=O) groups excluding carboxylic acids is 1. The summed E-state index contributed by atoms with van der Waals surface area (Å²) in [5.41, 5.74) is -0.470. The smallest absolute Gasteiger partial charge is 0.407 e. The first-order chi connectivity index (χ1) is 11.1. The molecule has 0 aromatic heterocycles. The molecule has 1 amide bonds. The second kappa shape index (κ2) is 8.83. The van der Waals surface area contributed by atoms with E-state index >= 15 is 0 Å². The minimum atomic E-state index is -0.470. The largest absolute Gasteiger partial charge is 0.444 e. The van der Waals surface area contributed by atoms with Gasteiger partial charge in [0.1, 0.15) is 5.60 Å². The molecule has 6 nitrogen and oxygen atoms in total. The Balaban J connectivity index is 2.60. The van der Waals surface area contributed by atoms with Crippen molar-refractivity contribution in [2.24, 2.45) is 4.99 Å². The molecule has 1 aliphatic rings. The number of amides is 1. The number of hydrogen-bond acceptors (Lipinski definition) is 4. The Labute approximate surface area is 151 Å². The van der Waals surface area contributed by atoms with Crippen LogP contribution < -0.4 is 10.6 Å². The lowest BCUT2D eigenvalue weighted by molar-refractivity contribution is 0.0507. The molecule has 2 N–H and O–H groups in total. The second-order valence-electron chi connectivity index (χ2n) is 7.71. The first-order valence-electron chi connectivity index (χ1n) is 8.64. The summed E-state index contributed by atoms with van der Waals surface area (Å²) in [4.78, 5) is 18.9. The number of hydrogen-bond donors (Lipinski definition) is 2. The molecule has 0 spiro atoms. The maximum atomic E-state index is 11.9. The van der Waals surface area contributed by atoms with Gasteiger partial charge in [0, 0.05) is 24.4 Å². The van der Waals surface area contributed by atoms with Crippen LogP contribution in [0.5, 0.6) is 0 Å². The van der Waals surface area contributed by atoms with Crippen LogP contribution >= 0.6 is 11.8 Å². The van der Waals surface area contributed by atoms with Crippen molar-refractivity contribution >= 4 is 23.8 Å². The van der Waals surface area contributed by atoms with E-state index in [1.165, 1.54) is 0 Å². The van der Waals surface area contributed by atoms with Crippen LogP contribution in [-0.4, -0.2) is 65.8 Å². The van der Waals surface area contributed by atoms with Crippen LogP contribution in [0.25, 0.3) is 0 Å². The molecule has 1 aliphatic heterocycles. The molecule has 1 unspecified atom stereocenters. The monoisotopic (exact) mass is 358 g/mol. The standard InChI is InChI=1S/C17H34N4O2S/c1-8-18-14(19-12-17(5,6)24-7)21-10-9-13(11-21)20-15(22)23-16(2,3)4/h13H,8-12H2,1-7H3,(H,18,19)(H,20,22). The molecule has 24 heavy (non-hydrogen) atoms. The fraction of sp³-hybridized carbons (Fsp3) is 0.882. The van der Waals surface area contributed by atoms with Crippen molar-refractivity contribution in [2.75, 3.05) is 32.4 Å². The fourth-order valence-electron chi connectivity index (χ4n) is 2.30. The van der Waals surface area contributed by atoms with Crippen molar-refractivity contribution in [1.29, 1.82) is 0 Å². The first kappa shape index (κ1) is 20.9. The molecule has 7 heteroatoms. The van der Waals surface area contributed by atoms with E-state index in [-0.39, 0.29) is 16.9 Å². The quantitative estimate of drug-likeness (QED) is 0.584. The van der Waals surface area contributed by atoms with E-state index in [9.17, 15) is 4.79 Å². The van der Waals surface area contributed by atoms with Gasteiger partial charge in [0.05, 0.1) is 12.6 Å². The van der Waals surface area contributed by atoms with E-state index in [2.05, 4.69) is 42.6 Å². The molecule has 0 aromatic rings. The van der Waals surface area contributed by atoms with Gasteiger partial charge in [-0.25, -0.2) is 4.79 Å². The van der Waals surface area contributed by atoms with Crippen LogP contribution in [0.2, 0.25) is 0 Å². The molecule has 0 aromatic carbocycles. The Morgan fingerprint density at radius 3 is 2.54 bits per heavy atom. The zero-order valence-electron chi connectivity index (χ0n) is 16.2. The average Bonchev–Trinajstić information content (AvgIpc) is 2.89. The van der Waals surface area contributed by atoms with E-state index in [0.717, 1.165) is 38.6 Å². The predicted octanol–water partition coefficient (Wildman–Crippen LogP) is 2.69. The molecule has 0 bridgehead atoms. The van der Waals surface area contributed by atoms with E-state index in [0.29, 0.717) is 0 Å². The summed E-state index contributed by atoms with van der Waals surface area (Å²) in [5, 5.41) is 6.31. The Hall–Kier alpha value is -1.11. The van der Waals surface area contributed by atoms with Crippen molar-refractivity contribution < 1.29 is 9.53 Å². The molecule has 1 atom stereocenters. The van der Waals surface area contributed by atoms with E-state index in [1.807, 2.05) is 32.5 Å². The molecule has 1 fully saturated rings. The van der Waals surface area contributed by atoms with Crippen molar-refractivity contribution in [3.05, 3.63) is 0 Å². The molecule has 1 heterocycles. The zero-order valence-corrected chi connectivity index (χ0v) is 17.0. The van der Waals surface area contributed by atoms with Gasteiger partial charge in [-0.2, -0.15) is 11.8 Å². The van der Waals surface area contributed by atoms with Gasteiger partial charge in [0.15, 0.2) is 5.96 Å². The Morgan fingerprint density at radius 1 is 1.33 bits per heavy atom. The summed E-state index contributed by atoms with van der Waals surface area (Å²) >= 11 is 1.82. The molecule has 0 saturated carbocycles. The lowest BCUT2D eigenvalue weighted by atomic mass is 10.2. The number of thioether (sulfide) groups is 1. The third kappa shape index (κ3) is 7.64. The van der Waals surface area contributed by atoms with Crippen LogP contribution in [0.1, 0.15) is 48.0 Å². The normalized spacial score (nSPS) is 19.4. The summed E-state index contributed by atoms with van der Waals surface area (Å²) in [5.74, 6) is 0.924. The highest BCUT2D eigenvalue weighted by Gasteiger charge is 2.28. The molecule has 1 saturated heterocycles. The van der Waals surface area contributed by atoms with Crippen molar-refractivity contribution in [3.8, 4) is 0 Å². The molecular formula is C17H34N4O2S. The second-order valence-corrected chi connectivity index (χ2v) is 9.23. The third-order valence-electron chi connectivity index (χ3n) is 3.71. The summed E-state index contributed by atoms with van der Waals surface area (Å²) in [6.07, 6.45) is 2.66. The average molecular weight is 359 g/mol. The number of guanidine groups is 1. The number of rotatable bonds is 5. The highest BCUT2D eigenvalue weighted by molar-refractivity contribution is 7.99.